The summed E-state index contributed by atoms with van der Waals surface area (Å²) in [7, 11) is 0. The van der Waals surface area contributed by atoms with Crippen LogP contribution in [0, 0.1) is 11.8 Å². The number of hydrogen-bond acceptors (Lipinski definition) is 3. The van der Waals surface area contributed by atoms with Gasteiger partial charge in [0.2, 0.25) is 0 Å². The van der Waals surface area contributed by atoms with Gasteiger partial charge in [0.25, 0.3) is 0 Å². The number of fused-ring (bicyclic) bond motifs is 1. The fourth-order valence-corrected chi connectivity index (χ4v) is 3.70. The lowest BCUT2D eigenvalue weighted by atomic mass is 9.80. The first kappa shape index (κ1) is 12.9. The second kappa shape index (κ2) is 5.48. The van der Waals surface area contributed by atoms with E-state index in [1.165, 1.54) is 43.4 Å². The minimum atomic E-state index is 0.595. The molecule has 0 aliphatic heterocycles. The Bertz CT molecular complexity index is 444. The molecule has 1 heterocycles. The van der Waals surface area contributed by atoms with Crippen molar-refractivity contribution in [1.29, 1.82) is 0 Å². The summed E-state index contributed by atoms with van der Waals surface area (Å²) in [5, 5.41) is 3.73. The third-order valence-corrected chi connectivity index (χ3v) is 4.88. The standard InChI is InChI=1S/C16H25N3/c1-11-7-8-14(12(2)9-11)19-16-13-5-3-4-6-15(13)17-10-18-16/h10-12,14H,3-9H2,1-2H3,(H,17,18,19). The van der Waals surface area contributed by atoms with Crippen molar-refractivity contribution in [3.05, 3.63) is 17.6 Å². The van der Waals surface area contributed by atoms with Gasteiger partial charge >= 0.3 is 0 Å². The SMILES string of the molecule is CC1CCC(Nc2ncnc3c2CCCC3)C(C)C1. The number of rotatable bonds is 2. The van der Waals surface area contributed by atoms with Crippen molar-refractivity contribution in [2.75, 3.05) is 5.32 Å². The summed E-state index contributed by atoms with van der Waals surface area (Å²) in [6.07, 6.45) is 10.5. The zero-order chi connectivity index (χ0) is 13.2. The molecule has 0 amide bonds. The van der Waals surface area contributed by atoms with Crippen molar-refractivity contribution < 1.29 is 0 Å². The van der Waals surface area contributed by atoms with Gasteiger partial charge in [-0.05, 0) is 56.8 Å². The highest BCUT2D eigenvalue weighted by atomic mass is 15.0. The average Bonchev–Trinajstić information content (AvgIpc) is 2.42. The Morgan fingerprint density at radius 1 is 1.11 bits per heavy atom. The minimum absolute atomic E-state index is 0.595. The Kier molecular flexibility index (Phi) is 3.72. The molecule has 3 heteroatoms. The molecular weight excluding hydrogens is 234 g/mol. The number of anilines is 1. The maximum Gasteiger partial charge on any atom is 0.133 e. The molecule has 0 spiro atoms. The van der Waals surface area contributed by atoms with Crippen LogP contribution in [-0.2, 0) is 12.8 Å². The van der Waals surface area contributed by atoms with Gasteiger partial charge in [-0.3, -0.25) is 0 Å². The van der Waals surface area contributed by atoms with Crippen molar-refractivity contribution in [3.8, 4) is 0 Å². The molecule has 0 saturated heterocycles. The molecule has 1 N–H and O–H groups in total. The lowest BCUT2D eigenvalue weighted by molar-refractivity contribution is 0.276. The highest BCUT2D eigenvalue weighted by molar-refractivity contribution is 5.47. The van der Waals surface area contributed by atoms with E-state index in [0.29, 0.717) is 6.04 Å². The summed E-state index contributed by atoms with van der Waals surface area (Å²) < 4.78 is 0. The molecule has 3 nitrogen and oxygen atoms in total. The first-order valence-electron chi connectivity index (χ1n) is 7.83. The number of aromatic nitrogens is 2. The highest BCUT2D eigenvalue weighted by Gasteiger charge is 2.26. The molecule has 0 radical (unpaired) electrons. The van der Waals surface area contributed by atoms with Crippen LogP contribution >= 0.6 is 0 Å². The van der Waals surface area contributed by atoms with Crippen LogP contribution in [0.1, 0.15) is 57.2 Å². The van der Waals surface area contributed by atoms with Crippen LogP contribution in [0.2, 0.25) is 0 Å². The van der Waals surface area contributed by atoms with Crippen LogP contribution in [0.3, 0.4) is 0 Å². The lowest BCUT2D eigenvalue weighted by Gasteiger charge is -2.34. The number of hydrogen-bond donors (Lipinski definition) is 1. The second-order valence-corrected chi connectivity index (χ2v) is 6.50. The van der Waals surface area contributed by atoms with Gasteiger partial charge < -0.3 is 5.32 Å². The predicted octanol–water partition coefficient (Wildman–Crippen LogP) is 3.59. The normalized spacial score (nSPS) is 30.7. The average molecular weight is 259 g/mol. The molecule has 3 unspecified atom stereocenters. The van der Waals surface area contributed by atoms with Gasteiger partial charge in [-0.1, -0.05) is 13.8 Å². The van der Waals surface area contributed by atoms with Crippen LogP contribution in [0.4, 0.5) is 5.82 Å². The minimum Gasteiger partial charge on any atom is -0.367 e. The Labute approximate surface area is 116 Å². The summed E-state index contributed by atoms with van der Waals surface area (Å²) in [5.41, 5.74) is 2.67. The van der Waals surface area contributed by atoms with E-state index >= 15 is 0 Å². The maximum absolute atomic E-state index is 4.52. The van der Waals surface area contributed by atoms with Crippen molar-refractivity contribution in [1.82, 2.24) is 9.97 Å². The van der Waals surface area contributed by atoms with E-state index in [1.807, 2.05) is 0 Å². The van der Waals surface area contributed by atoms with Gasteiger partial charge in [0.1, 0.15) is 12.1 Å². The van der Waals surface area contributed by atoms with E-state index in [0.717, 1.165) is 30.5 Å². The zero-order valence-corrected chi connectivity index (χ0v) is 12.2. The highest BCUT2D eigenvalue weighted by Crippen LogP contribution is 2.32. The summed E-state index contributed by atoms with van der Waals surface area (Å²) >= 11 is 0. The monoisotopic (exact) mass is 259 g/mol. The molecule has 2 aliphatic rings. The first-order chi connectivity index (χ1) is 9.24. The molecule has 1 aromatic heterocycles. The molecule has 3 atom stereocenters. The summed E-state index contributed by atoms with van der Waals surface area (Å²) in [6, 6.07) is 0.595. The molecule has 19 heavy (non-hydrogen) atoms. The van der Waals surface area contributed by atoms with Crippen LogP contribution in [0.5, 0.6) is 0 Å². The van der Waals surface area contributed by atoms with Gasteiger partial charge in [0, 0.05) is 17.3 Å². The van der Waals surface area contributed by atoms with E-state index in [4.69, 9.17) is 0 Å². The fourth-order valence-electron chi connectivity index (χ4n) is 3.70. The van der Waals surface area contributed by atoms with Gasteiger partial charge in [-0.2, -0.15) is 0 Å². The molecule has 1 aromatic rings. The van der Waals surface area contributed by atoms with Crippen LogP contribution in [0.25, 0.3) is 0 Å². The molecule has 3 rings (SSSR count). The quantitative estimate of drug-likeness (QED) is 0.882. The lowest BCUT2D eigenvalue weighted by Crippen LogP contribution is -2.34. The summed E-state index contributed by atoms with van der Waals surface area (Å²) in [6.45, 7) is 4.75. The number of aryl methyl sites for hydroxylation is 1. The smallest absolute Gasteiger partial charge is 0.133 e. The van der Waals surface area contributed by atoms with Gasteiger partial charge in [0.15, 0.2) is 0 Å². The predicted molar refractivity (Wildman–Crippen MR) is 78.3 cm³/mol. The van der Waals surface area contributed by atoms with Gasteiger partial charge in [-0.25, -0.2) is 9.97 Å². The van der Waals surface area contributed by atoms with Crippen LogP contribution in [-0.4, -0.2) is 16.0 Å². The largest absolute Gasteiger partial charge is 0.367 e. The molecular formula is C16H25N3. The van der Waals surface area contributed by atoms with Gasteiger partial charge in [-0.15, -0.1) is 0 Å². The van der Waals surface area contributed by atoms with Crippen LogP contribution in [0.15, 0.2) is 6.33 Å². The van der Waals surface area contributed by atoms with E-state index in [9.17, 15) is 0 Å². The molecule has 1 saturated carbocycles. The van der Waals surface area contributed by atoms with Crippen LogP contribution < -0.4 is 5.32 Å². The van der Waals surface area contributed by atoms with Crippen molar-refractivity contribution >= 4 is 5.82 Å². The Hall–Kier alpha value is -1.12. The fraction of sp³-hybridized carbons (Fsp3) is 0.750. The third kappa shape index (κ3) is 2.75. The number of nitrogens with one attached hydrogen (secondary N) is 1. The first-order valence-corrected chi connectivity index (χ1v) is 7.83. The molecule has 0 aromatic carbocycles. The Balaban J connectivity index is 1.76. The Morgan fingerprint density at radius 3 is 2.79 bits per heavy atom. The van der Waals surface area contributed by atoms with E-state index in [-0.39, 0.29) is 0 Å². The zero-order valence-electron chi connectivity index (χ0n) is 12.2. The molecule has 2 aliphatic carbocycles. The maximum atomic E-state index is 4.52. The van der Waals surface area contributed by atoms with Gasteiger partial charge in [0.05, 0.1) is 0 Å². The second-order valence-electron chi connectivity index (χ2n) is 6.50. The summed E-state index contributed by atoms with van der Waals surface area (Å²) in [5.74, 6) is 2.75. The Morgan fingerprint density at radius 2 is 1.95 bits per heavy atom. The van der Waals surface area contributed by atoms with Crippen molar-refractivity contribution in [3.63, 3.8) is 0 Å². The molecule has 0 bridgehead atoms. The topological polar surface area (TPSA) is 37.8 Å². The van der Waals surface area contributed by atoms with E-state index in [2.05, 4.69) is 29.1 Å². The molecule has 1 fully saturated rings. The van der Waals surface area contributed by atoms with E-state index in [1.54, 1.807) is 6.33 Å². The number of nitrogens with zero attached hydrogens (tertiary/aromatic N) is 2. The van der Waals surface area contributed by atoms with Crippen molar-refractivity contribution in [2.24, 2.45) is 11.8 Å². The van der Waals surface area contributed by atoms with E-state index < -0.39 is 0 Å². The summed E-state index contributed by atoms with van der Waals surface area (Å²) in [4.78, 5) is 8.97. The molecule has 104 valence electrons. The third-order valence-electron chi connectivity index (χ3n) is 4.88. The van der Waals surface area contributed by atoms with Crippen molar-refractivity contribution in [2.45, 2.75) is 64.8 Å².